The van der Waals surface area contributed by atoms with E-state index < -0.39 is 10.0 Å². The van der Waals surface area contributed by atoms with Crippen LogP contribution >= 0.6 is 0 Å². The van der Waals surface area contributed by atoms with Crippen LogP contribution < -0.4 is 5.14 Å². The number of benzene rings is 1. The summed E-state index contributed by atoms with van der Waals surface area (Å²) >= 11 is 0. The van der Waals surface area contributed by atoms with Crippen LogP contribution in [0.1, 0.15) is 17.0 Å². The number of rotatable bonds is 4. The number of aryl methyl sites for hydroxylation is 3. The SMILES string of the molecule is Cc1nn(CCc2ccccc2)c(C)c1S(N)(=O)=O. The van der Waals surface area contributed by atoms with Gasteiger partial charge in [0.05, 0.1) is 11.4 Å². The van der Waals surface area contributed by atoms with Gasteiger partial charge in [0.25, 0.3) is 0 Å². The average molecular weight is 279 g/mol. The Labute approximate surface area is 113 Å². The van der Waals surface area contributed by atoms with E-state index in [9.17, 15) is 8.42 Å². The Hall–Kier alpha value is -1.66. The molecule has 0 spiro atoms. The molecular formula is C13H17N3O2S. The van der Waals surface area contributed by atoms with Gasteiger partial charge in [-0.15, -0.1) is 0 Å². The maximum Gasteiger partial charge on any atom is 0.241 e. The zero-order chi connectivity index (χ0) is 14.0. The van der Waals surface area contributed by atoms with E-state index in [4.69, 9.17) is 5.14 Å². The second-order valence-corrected chi connectivity index (χ2v) is 6.00. The summed E-state index contributed by atoms with van der Waals surface area (Å²) in [7, 11) is -3.71. The minimum Gasteiger partial charge on any atom is -0.268 e. The average Bonchev–Trinajstić information content (AvgIpc) is 2.62. The molecule has 19 heavy (non-hydrogen) atoms. The number of sulfonamides is 1. The van der Waals surface area contributed by atoms with Crippen molar-refractivity contribution in [3.63, 3.8) is 0 Å². The summed E-state index contributed by atoms with van der Waals surface area (Å²) in [6, 6.07) is 9.99. The van der Waals surface area contributed by atoms with E-state index in [1.807, 2.05) is 30.3 Å². The third kappa shape index (κ3) is 3.02. The van der Waals surface area contributed by atoms with Gasteiger partial charge in [0.15, 0.2) is 0 Å². The molecule has 0 amide bonds. The van der Waals surface area contributed by atoms with Gasteiger partial charge in [-0.1, -0.05) is 30.3 Å². The number of aromatic nitrogens is 2. The number of hydrogen-bond donors (Lipinski definition) is 1. The lowest BCUT2D eigenvalue weighted by molar-refractivity contribution is 0.586. The Balaban J connectivity index is 2.24. The highest BCUT2D eigenvalue weighted by Gasteiger charge is 2.20. The summed E-state index contributed by atoms with van der Waals surface area (Å²) in [4.78, 5) is 0.139. The Morgan fingerprint density at radius 1 is 1.21 bits per heavy atom. The molecule has 0 fully saturated rings. The first-order valence-electron chi connectivity index (χ1n) is 6.00. The molecule has 2 rings (SSSR count). The lowest BCUT2D eigenvalue weighted by Gasteiger charge is -2.05. The highest BCUT2D eigenvalue weighted by atomic mass is 32.2. The third-order valence-electron chi connectivity index (χ3n) is 3.05. The minimum atomic E-state index is -3.71. The van der Waals surface area contributed by atoms with Crippen molar-refractivity contribution in [1.29, 1.82) is 0 Å². The van der Waals surface area contributed by atoms with Gasteiger partial charge in [-0.2, -0.15) is 5.10 Å². The van der Waals surface area contributed by atoms with Gasteiger partial charge in [-0.25, -0.2) is 13.6 Å². The molecule has 1 heterocycles. The fraction of sp³-hybridized carbons (Fsp3) is 0.308. The molecule has 102 valence electrons. The van der Waals surface area contributed by atoms with E-state index in [0.29, 0.717) is 17.9 Å². The molecule has 1 aromatic carbocycles. The number of nitrogens with two attached hydrogens (primary N) is 1. The highest BCUT2D eigenvalue weighted by Crippen LogP contribution is 2.18. The van der Waals surface area contributed by atoms with Gasteiger partial charge in [-0.3, -0.25) is 4.68 Å². The van der Waals surface area contributed by atoms with Crippen molar-refractivity contribution in [2.24, 2.45) is 5.14 Å². The zero-order valence-corrected chi connectivity index (χ0v) is 11.8. The number of nitrogens with zero attached hydrogens (tertiary/aromatic N) is 2. The normalized spacial score (nSPS) is 11.7. The van der Waals surface area contributed by atoms with Crippen LogP contribution in [0.4, 0.5) is 0 Å². The van der Waals surface area contributed by atoms with Gasteiger partial charge >= 0.3 is 0 Å². The first kappa shape index (κ1) is 13.8. The molecule has 0 bridgehead atoms. The molecule has 2 N–H and O–H groups in total. The molecule has 0 atom stereocenters. The van der Waals surface area contributed by atoms with Gasteiger partial charge in [0.1, 0.15) is 4.90 Å². The molecule has 5 nitrogen and oxygen atoms in total. The molecule has 0 aliphatic heterocycles. The summed E-state index contributed by atoms with van der Waals surface area (Å²) in [6.45, 7) is 4.02. The van der Waals surface area contributed by atoms with Gasteiger partial charge < -0.3 is 0 Å². The van der Waals surface area contributed by atoms with Crippen LogP contribution in [0, 0.1) is 13.8 Å². The Morgan fingerprint density at radius 2 is 1.84 bits per heavy atom. The predicted molar refractivity (Wildman–Crippen MR) is 73.2 cm³/mol. The molecular weight excluding hydrogens is 262 g/mol. The smallest absolute Gasteiger partial charge is 0.241 e. The van der Waals surface area contributed by atoms with Crippen LogP contribution in [-0.2, 0) is 23.0 Å². The van der Waals surface area contributed by atoms with E-state index >= 15 is 0 Å². The standard InChI is InChI=1S/C13H17N3O2S/c1-10-13(19(14,17)18)11(2)16(15-10)9-8-12-6-4-3-5-7-12/h3-7H,8-9H2,1-2H3,(H2,14,17,18). The Morgan fingerprint density at radius 3 is 2.37 bits per heavy atom. The van der Waals surface area contributed by atoms with Gasteiger partial charge in [0, 0.05) is 6.54 Å². The van der Waals surface area contributed by atoms with Crippen molar-refractivity contribution in [3.8, 4) is 0 Å². The lowest BCUT2D eigenvalue weighted by atomic mass is 10.1. The highest BCUT2D eigenvalue weighted by molar-refractivity contribution is 7.89. The van der Waals surface area contributed by atoms with E-state index in [0.717, 1.165) is 6.42 Å². The van der Waals surface area contributed by atoms with Crippen LogP contribution in [0.5, 0.6) is 0 Å². The largest absolute Gasteiger partial charge is 0.268 e. The van der Waals surface area contributed by atoms with E-state index in [1.54, 1.807) is 18.5 Å². The van der Waals surface area contributed by atoms with Crippen molar-refractivity contribution in [2.45, 2.75) is 31.7 Å². The monoisotopic (exact) mass is 279 g/mol. The summed E-state index contributed by atoms with van der Waals surface area (Å²) in [5.41, 5.74) is 2.23. The van der Waals surface area contributed by atoms with Gasteiger partial charge in [-0.05, 0) is 25.8 Å². The molecule has 0 aliphatic rings. The van der Waals surface area contributed by atoms with Crippen LogP contribution in [0.2, 0.25) is 0 Å². The van der Waals surface area contributed by atoms with Crippen LogP contribution in [0.25, 0.3) is 0 Å². The van der Waals surface area contributed by atoms with E-state index in [1.165, 1.54) is 5.56 Å². The Bertz CT molecular complexity index is 675. The number of primary sulfonamides is 1. The van der Waals surface area contributed by atoms with Crippen molar-refractivity contribution in [2.75, 3.05) is 0 Å². The maximum atomic E-state index is 11.5. The summed E-state index contributed by atoms with van der Waals surface area (Å²) in [5.74, 6) is 0. The molecule has 2 aromatic rings. The molecule has 0 unspecified atom stereocenters. The van der Waals surface area contributed by atoms with Crippen molar-refractivity contribution in [1.82, 2.24) is 9.78 Å². The van der Waals surface area contributed by atoms with Crippen molar-refractivity contribution < 1.29 is 8.42 Å². The summed E-state index contributed by atoms with van der Waals surface area (Å²) in [6.07, 6.45) is 0.798. The van der Waals surface area contributed by atoms with Crippen LogP contribution in [-0.4, -0.2) is 18.2 Å². The quantitative estimate of drug-likeness (QED) is 0.918. The predicted octanol–water partition coefficient (Wildman–Crippen LogP) is 1.39. The second-order valence-electron chi connectivity index (χ2n) is 4.50. The summed E-state index contributed by atoms with van der Waals surface area (Å²) in [5, 5.41) is 9.45. The lowest BCUT2D eigenvalue weighted by Crippen LogP contribution is -2.14. The van der Waals surface area contributed by atoms with Crippen molar-refractivity contribution >= 4 is 10.0 Å². The third-order valence-corrected chi connectivity index (χ3v) is 4.21. The van der Waals surface area contributed by atoms with Crippen molar-refractivity contribution in [3.05, 3.63) is 47.3 Å². The molecule has 1 aromatic heterocycles. The first-order valence-corrected chi connectivity index (χ1v) is 7.55. The van der Waals surface area contributed by atoms with Gasteiger partial charge in [0.2, 0.25) is 10.0 Å². The minimum absolute atomic E-state index is 0.139. The summed E-state index contributed by atoms with van der Waals surface area (Å²) < 4.78 is 24.7. The molecule has 6 heteroatoms. The fourth-order valence-corrected chi connectivity index (χ4v) is 3.16. The van der Waals surface area contributed by atoms with E-state index in [-0.39, 0.29) is 4.90 Å². The molecule has 0 saturated heterocycles. The van der Waals surface area contributed by atoms with Crippen LogP contribution in [0.3, 0.4) is 0 Å². The zero-order valence-electron chi connectivity index (χ0n) is 11.0. The fourth-order valence-electron chi connectivity index (χ4n) is 2.19. The van der Waals surface area contributed by atoms with Crippen LogP contribution in [0.15, 0.2) is 35.2 Å². The number of hydrogen-bond acceptors (Lipinski definition) is 3. The topological polar surface area (TPSA) is 78.0 Å². The van der Waals surface area contributed by atoms with E-state index in [2.05, 4.69) is 5.10 Å². The maximum absolute atomic E-state index is 11.5. The molecule has 0 radical (unpaired) electrons. The first-order chi connectivity index (χ1) is 8.89. The molecule has 0 saturated carbocycles. The Kier molecular flexibility index (Phi) is 3.73. The second kappa shape index (κ2) is 5.14. The molecule has 0 aliphatic carbocycles.